The Morgan fingerprint density at radius 2 is 1.75 bits per heavy atom. The molecule has 1 heterocycles. The van der Waals surface area contributed by atoms with Gasteiger partial charge < -0.3 is 10.6 Å². The molecule has 0 atom stereocenters. The molecule has 0 saturated carbocycles. The molecule has 20 heavy (non-hydrogen) atoms. The summed E-state index contributed by atoms with van der Waals surface area (Å²) in [6, 6.07) is 10.2. The lowest BCUT2D eigenvalue weighted by Crippen LogP contribution is -2.13. The summed E-state index contributed by atoms with van der Waals surface area (Å²) in [5, 5.41) is 6.57. The van der Waals surface area contributed by atoms with E-state index < -0.39 is 0 Å². The van der Waals surface area contributed by atoms with Crippen LogP contribution in [0.2, 0.25) is 0 Å². The van der Waals surface area contributed by atoms with Crippen LogP contribution in [0.25, 0.3) is 0 Å². The fraction of sp³-hybridized carbons (Fsp3) is 0.375. The monoisotopic (exact) mass is 270 g/mol. The Bertz CT molecular complexity index is 573. The van der Waals surface area contributed by atoms with Gasteiger partial charge in [-0.05, 0) is 24.0 Å². The van der Waals surface area contributed by atoms with Crippen LogP contribution in [0.4, 0.5) is 17.3 Å². The van der Waals surface area contributed by atoms with Crippen LogP contribution in [0.3, 0.4) is 0 Å². The fourth-order valence-electron chi connectivity index (χ4n) is 2.09. The lowest BCUT2D eigenvalue weighted by molar-refractivity contribution is 0.592. The Labute approximate surface area is 120 Å². The van der Waals surface area contributed by atoms with Crippen LogP contribution in [0.15, 0.2) is 36.7 Å². The second kappa shape index (κ2) is 5.90. The molecule has 0 bridgehead atoms. The first kappa shape index (κ1) is 14.3. The quantitative estimate of drug-likeness (QED) is 0.883. The predicted molar refractivity (Wildman–Crippen MR) is 84.6 cm³/mol. The Hall–Kier alpha value is -2.10. The van der Waals surface area contributed by atoms with Gasteiger partial charge in [0.1, 0.15) is 18.0 Å². The first-order valence-corrected chi connectivity index (χ1v) is 6.93. The highest BCUT2D eigenvalue weighted by molar-refractivity contribution is 5.63. The number of hydrogen-bond donors (Lipinski definition) is 2. The maximum atomic E-state index is 4.28. The number of rotatable bonds is 4. The van der Waals surface area contributed by atoms with Gasteiger partial charge in [0.2, 0.25) is 0 Å². The minimum Gasteiger partial charge on any atom is -0.370 e. The van der Waals surface area contributed by atoms with E-state index in [4.69, 9.17) is 0 Å². The maximum absolute atomic E-state index is 4.28. The molecule has 0 aliphatic carbocycles. The van der Waals surface area contributed by atoms with E-state index in [2.05, 4.69) is 59.6 Å². The third-order valence-corrected chi connectivity index (χ3v) is 3.02. The number of para-hydroxylation sites is 1. The van der Waals surface area contributed by atoms with Crippen molar-refractivity contribution < 1.29 is 0 Å². The number of hydrogen-bond acceptors (Lipinski definition) is 4. The smallest absolute Gasteiger partial charge is 0.135 e. The molecule has 0 aliphatic heterocycles. The maximum Gasteiger partial charge on any atom is 0.135 e. The van der Waals surface area contributed by atoms with Crippen LogP contribution in [0.1, 0.15) is 33.3 Å². The van der Waals surface area contributed by atoms with E-state index >= 15 is 0 Å². The zero-order valence-corrected chi connectivity index (χ0v) is 12.6. The molecule has 0 aliphatic rings. The van der Waals surface area contributed by atoms with Crippen molar-refractivity contribution in [2.45, 2.75) is 33.1 Å². The molecule has 0 amide bonds. The van der Waals surface area contributed by atoms with Gasteiger partial charge in [-0.15, -0.1) is 0 Å². The summed E-state index contributed by atoms with van der Waals surface area (Å²) in [4.78, 5) is 8.46. The minimum absolute atomic E-state index is 0.0844. The van der Waals surface area contributed by atoms with Crippen molar-refractivity contribution >= 4 is 17.3 Å². The summed E-state index contributed by atoms with van der Waals surface area (Å²) in [7, 11) is 0. The lowest BCUT2D eigenvalue weighted by atomic mass is 9.86. The van der Waals surface area contributed by atoms with Crippen molar-refractivity contribution in [3.05, 3.63) is 42.2 Å². The van der Waals surface area contributed by atoms with E-state index in [1.54, 1.807) is 6.33 Å². The van der Waals surface area contributed by atoms with E-state index in [1.807, 2.05) is 19.1 Å². The molecule has 0 unspecified atom stereocenters. The average Bonchev–Trinajstić information content (AvgIpc) is 2.39. The van der Waals surface area contributed by atoms with E-state index in [9.17, 15) is 0 Å². The normalized spacial score (nSPS) is 11.2. The highest BCUT2D eigenvalue weighted by atomic mass is 15.1. The van der Waals surface area contributed by atoms with Crippen LogP contribution < -0.4 is 10.6 Å². The Kier molecular flexibility index (Phi) is 4.23. The molecule has 0 saturated heterocycles. The van der Waals surface area contributed by atoms with Crippen LogP contribution in [0.5, 0.6) is 0 Å². The van der Waals surface area contributed by atoms with Gasteiger partial charge in [-0.3, -0.25) is 0 Å². The zero-order valence-electron chi connectivity index (χ0n) is 12.6. The molecule has 1 aromatic carbocycles. The summed E-state index contributed by atoms with van der Waals surface area (Å²) in [5.41, 5.74) is 2.44. The lowest BCUT2D eigenvalue weighted by Gasteiger charge is -2.23. The molecule has 0 radical (unpaired) electrons. The number of benzene rings is 1. The van der Waals surface area contributed by atoms with Gasteiger partial charge in [-0.25, -0.2) is 9.97 Å². The van der Waals surface area contributed by atoms with E-state index in [0.29, 0.717) is 0 Å². The van der Waals surface area contributed by atoms with Gasteiger partial charge in [0, 0.05) is 18.3 Å². The Balaban J connectivity index is 2.28. The van der Waals surface area contributed by atoms with Crippen LogP contribution in [0, 0.1) is 0 Å². The van der Waals surface area contributed by atoms with Gasteiger partial charge in [0.25, 0.3) is 0 Å². The first-order chi connectivity index (χ1) is 9.50. The van der Waals surface area contributed by atoms with Crippen molar-refractivity contribution in [3.63, 3.8) is 0 Å². The molecule has 4 nitrogen and oxygen atoms in total. The summed E-state index contributed by atoms with van der Waals surface area (Å²) in [5.74, 6) is 1.63. The molecule has 4 heteroatoms. The predicted octanol–water partition coefficient (Wildman–Crippen LogP) is 3.95. The zero-order chi connectivity index (χ0) is 14.6. The second-order valence-corrected chi connectivity index (χ2v) is 5.74. The van der Waals surface area contributed by atoms with Gasteiger partial charge in [0.05, 0.1) is 0 Å². The van der Waals surface area contributed by atoms with Crippen LogP contribution >= 0.6 is 0 Å². The van der Waals surface area contributed by atoms with Crippen molar-refractivity contribution in [2.75, 3.05) is 17.2 Å². The number of aromatic nitrogens is 2. The summed E-state index contributed by atoms with van der Waals surface area (Å²) in [6.45, 7) is 9.51. The number of nitrogens with one attached hydrogen (secondary N) is 2. The fourth-order valence-corrected chi connectivity index (χ4v) is 2.09. The topological polar surface area (TPSA) is 49.8 Å². The summed E-state index contributed by atoms with van der Waals surface area (Å²) in [6.07, 6.45) is 1.57. The second-order valence-electron chi connectivity index (χ2n) is 5.74. The van der Waals surface area contributed by atoms with Crippen molar-refractivity contribution in [2.24, 2.45) is 0 Å². The van der Waals surface area contributed by atoms with E-state index in [1.165, 1.54) is 5.56 Å². The van der Waals surface area contributed by atoms with Gasteiger partial charge >= 0.3 is 0 Å². The first-order valence-electron chi connectivity index (χ1n) is 6.93. The van der Waals surface area contributed by atoms with Gasteiger partial charge in [-0.1, -0.05) is 39.0 Å². The van der Waals surface area contributed by atoms with Gasteiger partial charge in [-0.2, -0.15) is 0 Å². The molecule has 2 aromatic rings. The van der Waals surface area contributed by atoms with Crippen molar-refractivity contribution in [3.8, 4) is 0 Å². The Morgan fingerprint density at radius 3 is 2.45 bits per heavy atom. The molecule has 1 aromatic heterocycles. The van der Waals surface area contributed by atoms with Crippen LogP contribution in [-0.4, -0.2) is 16.5 Å². The minimum atomic E-state index is 0.0844. The van der Waals surface area contributed by atoms with Crippen molar-refractivity contribution in [1.82, 2.24) is 9.97 Å². The van der Waals surface area contributed by atoms with E-state index in [0.717, 1.165) is 23.9 Å². The van der Waals surface area contributed by atoms with Crippen LogP contribution in [-0.2, 0) is 5.41 Å². The molecule has 2 N–H and O–H groups in total. The average molecular weight is 270 g/mol. The van der Waals surface area contributed by atoms with Gasteiger partial charge in [0.15, 0.2) is 0 Å². The highest BCUT2D eigenvalue weighted by Crippen LogP contribution is 2.30. The number of anilines is 3. The summed E-state index contributed by atoms with van der Waals surface area (Å²) < 4.78 is 0. The molecule has 0 spiro atoms. The molecule has 106 valence electrons. The molecular formula is C16H22N4. The van der Waals surface area contributed by atoms with E-state index in [-0.39, 0.29) is 5.41 Å². The Morgan fingerprint density at radius 1 is 1.05 bits per heavy atom. The molecular weight excluding hydrogens is 248 g/mol. The standard InChI is InChI=1S/C16H22N4/c1-5-17-14-10-15(19-11-18-14)20-13-9-7-6-8-12(13)16(2,3)4/h6-11H,5H2,1-4H3,(H2,17,18,19,20). The summed E-state index contributed by atoms with van der Waals surface area (Å²) >= 11 is 0. The third-order valence-electron chi connectivity index (χ3n) is 3.02. The largest absolute Gasteiger partial charge is 0.370 e. The van der Waals surface area contributed by atoms with Crippen molar-refractivity contribution in [1.29, 1.82) is 0 Å². The highest BCUT2D eigenvalue weighted by Gasteiger charge is 2.17. The molecule has 0 fully saturated rings. The third kappa shape index (κ3) is 3.47. The SMILES string of the molecule is CCNc1cc(Nc2ccccc2C(C)(C)C)ncn1. The number of nitrogens with zero attached hydrogens (tertiary/aromatic N) is 2. The molecule has 2 rings (SSSR count).